The summed E-state index contributed by atoms with van der Waals surface area (Å²) in [5.41, 5.74) is 6.41. The number of hydrogen-bond donors (Lipinski definition) is 1. The molecule has 1 amide bonds. The van der Waals surface area contributed by atoms with Gasteiger partial charge in [0, 0.05) is 16.8 Å². The van der Waals surface area contributed by atoms with Crippen LogP contribution in [-0.4, -0.2) is 46.9 Å². The van der Waals surface area contributed by atoms with Crippen molar-refractivity contribution in [1.82, 2.24) is 20.2 Å². The quantitative estimate of drug-likeness (QED) is 0.175. The minimum atomic E-state index is -0.271. The van der Waals surface area contributed by atoms with Crippen molar-refractivity contribution < 1.29 is 14.3 Å². The number of hydrogen-bond acceptors (Lipinski definition) is 7. The Bertz CT molecular complexity index is 1410. The SMILES string of the molecule is COc1ccc(OC)c(/C=N\NC(=O)CSc2nnc(-c3ccc(C(C)(C)C)cc3)n2-c2ccccc2)c1. The summed E-state index contributed by atoms with van der Waals surface area (Å²) in [6.07, 6.45) is 1.52. The Balaban J connectivity index is 1.51. The number of nitrogens with one attached hydrogen (secondary N) is 1. The first kappa shape index (κ1) is 26.9. The summed E-state index contributed by atoms with van der Waals surface area (Å²) in [7, 11) is 3.16. The van der Waals surface area contributed by atoms with E-state index < -0.39 is 0 Å². The summed E-state index contributed by atoms with van der Waals surface area (Å²) in [6, 6.07) is 23.6. The normalized spacial score (nSPS) is 11.5. The van der Waals surface area contributed by atoms with E-state index in [1.807, 2.05) is 34.9 Å². The standard InChI is InChI=1S/C29H31N5O3S/c1-29(2,3)22-13-11-20(12-14-22)27-32-33-28(34(27)23-9-7-6-8-10-23)38-19-26(35)31-30-18-21-17-24(36-4)15-16-25(21)37-5/h6-18H,19H2,1-5H3,(H,31,35)/b30-18-. The topological polar surface area (TPSA) is 90.6 Å². The largest absolute Gasteiger partial charge is 0.497 e. The van der Waals surface area contributed by atoms with Crippen LogP contribution < -0.4 is 14.9 Å². The third kappa shape index (κ3) is 6.41. The van der Waals surface area contributed by atoms with Gasteiger partial charge in [-0.05, 0) is 41.3 Å². The second-order valence-electron chi connectivity index (χ2n) is 9.49. The Morgan fingerprint density at radius 2 is 1.74 bits per heavy atom. The van der Waals surface area contributed by atoms with Gasteiger partial charge in [0.2, 0.25) is 0 Å². The molecule has 0 saturated heterocycles. The van der Waals surface area contributed by atoms with E-state index in [2.05, 4.69) is 65.8 Å². The summed E-state index contributed by atoms with van der Waals surface area (Å²) in [5.74, 6) is 1.84. The highest BCUT2D eigenvalue weighted by Crippen LogP contribution is 2.30. The molecule has 0 saturated carbocycles. The first-order valence-electron chi connectivity index (χ1n) is 12.1. The molecule has 9 heteroatoms. The zero-order valence-electron chi connectivity index (χ0n) is 22.1. The monoisotopic (exact) mass is 529 g/mol. The number of methoxy groups -OCH3 is 2. The van der Waals surface area contributed by atoms with Crippen molar-refractivity contribution in [2.75, 3.05) is 20.0 Å². The number of ether oxygens (including phenoxy) is 2. The van der Waals surface area contributed by atoms with Crippen molar-refractivity contribution >= 4 is 23.9 Å². The second kappa shape index (κ2) is 12.0. The minimum Gasteiger partial charge on any atom is -0.497 e. The number of thioether (sulfide) groups is 1. The van der Waals surface area contributed by atoms with E-state index in [9.17, 15) is 4.79 Å². The average Bonchev–Trinajstić information content (AvgIpc) is 3.36. The number of nitrogens with zero attached hydrogens (tertiary/aromatic N) is 4. The molecule has 0 spiro atoms. The van der Waals surface area contributed by atoms with Crippen LogP contribution >= 0.6 is 11.8 Å². The van der Waals surface area contributed by atoms with E-state index in [1.165, 1.54) is 23.5 Å². The van der Waals surface area contributed by atoms with Crippen LogP contribution in [-0.2, 0) is 10.2 Å². The molecule has 1 aromatic heterocycles. The molecule has 0 aliphatic carbocycles. The predicted molar refractivity (Wildman–Crippen MR) is 152 cm³/mol. The van der Waals surface area contributed by atoms with Crippen LogP contribution in [0.15, 0.2) is 83.1 Å². The van der Waals surface area contributed by atoms with Crippen LogP contribution in [0.3, 0.4) is 0 Å². The molecule has 8 nitrogen and oxygen atoms in total. The maximum atomic E-state index is 12.6. The van der Waals surface area contributed by atoms with Crippen molar-refractivity contribution in [3.05, 3.63) is 83.9 Å². The van der Waals surface area contributed by atoms with Crippen LogP contribution in [0.5, 0.6) is 11.5 Å². The van der Waals surface area contributed by atoms with E-state index >= 15 is 0 Å². The van der Waals surface area contributed by atoms with Crippen LogP contribution in [0.25, 0.3) is 17.1 Å². The Morgan fingerprint density at radius 1 is 1.00 bits per heavy atom. The van der Waals surface area contributed by atoms with E-state index in [0.717, 1.165) is 11.3 Å². The van der Waals surface area contributed by atoms with Gasteiger partial charge < -0.3 is 9.47 Å². The highest BCUT2D eigenvalue weighted by Gasteiger charge is 2.19. The number of aromatic nitrogens is 3. The van der Waals surface area contributed by atoms with Gasteiger partial charge in [-0.15, -0.1) is 10.2 Å². The first-order valence-corrected chi connectivity index (χ1v) is 13.1. The van der Waals surface area contributed by atoms with Crippen LogP contribution in [0.2, 0.25) is 0 Å². The summed E-state index contributed by atoms with van der Waals surface area (Å²) in [6.45, 7) is 6.56. The highest BCUT2D eigenvalue weighted by atomic mass is 32.2. The van der Waals surface area contributed by atoms with Crippen LogP contribution in [0.4, 0.5) is 0 Å². The predicted octanol–water partition coefficient (Wildman–Crippen LogP) is 5.49. The second-order valence-corrected chi connectivity index (χ2v) is 10.4. The van der Waals surface area contributed by atoms with Gasteiger partial charge in [0.1, 0.15) is 11.5 Å². The number of benzene rings is 3. The maximum Gasteiger partial charge on any atom is 0.250 e. The van der Waals surface area contributed by atoms with Gasteiger partial charge >= 0.3 is 0 Å². The molecule has 0 aliphatic heterocycles. The molecule has 0 atom stereocenters. The minimum absolute atomic E-state index is 0.0558. The number of hydrazone groups is 1. The van der Waals surface area contributed by atoms with Crippen molar-refractivity contribution in [1.29, 1.82) is 0 Å². The molecule has 196 valence electrons. The Labute approximate surface area is 227 Å². The molecule has 3 aromatic carbocycles. The molecule has 0 fully saturated rings. The molecule has 0 aliphatic rings. The Hall–Kier alpha value is -4.11. The highest BCUT2D eigenvalue weighted by molar-refractivity contribution is 7.99. The molecule has 38 heavy (non-hydrogen) atoms. The molecule has 1 N–H and O–H groups in total. The number of amides is 1. The van der Waals surface area contributed by atoms with Gasteiger partial charge in [-0.2, -0.15) is 5.10 Å². The lowest BCUT2D eigenvalue weighted by molar-refractivity contribution is -0.118. The van der Waals surface area contributed by atoms with Gasteiger partial charge in [0.05, 0.1) is 26.2 Å². The van der Waals surface area contributed by atoms with Gasteiger partial charge in [-0.1, -0.05) is 75.0 Å². The van der Waals surface area contributed by atoms with Crippen LogP contribution in [0, 0.1) is 0 Å². The fourth-order valence-electron chi connectivity index (χ4n) is 3.76. The van der Waals surface area contributed by atoms with Crippen molar-refractivity contribution in [2.24, 2.45) is 5.10 Å². The molecule has 1 heterocycles. The molecule has 4 rings (SSSR count). The number of para-hydroxylation sites is 1. The smallest absolute Gasteiger partial charge is 0.250 e. The molecule has 0 bridgehead atoms. The average molecular weight is 530 g/mol. The van der Waals surface area contributed by atoms with Crippen molar-refractivity contribution in [3.63, 3.8) is 0 Å². The summed E-state index contributed by atoms with van der Waals surface area (Å²) >= 11 is 1.29. The fraction of sp³-hybridized carbons (Fsp3) is 0.241. The van der Waals surface area contributed by atoms with Gasteiger partial charge in [-0.25, -0.2) is 5.43 Å². The Morgan fingerprint density at radius 3 is 2.39 bits per heavy atom. The molecule has 0 radical (unpaired) electrons. The third-order valence-corrected chi connectivity index (χ3v) is 6.75. The van der Waals surface area contributed by atoms with Crippen molar-refractivity contribution in [3.8, 4) is 28.6 Å². The van der Waals surface area contributed by atoms with Gasteiger partial charge in [0.25, 0.3) is 5.91 Å². The summed E-state index contributed by atoms with van der Waals surface area (Å²) < 4.78 is 12.6. The third-order valence-electron chi connectivity index (χ3n) is 5.82. The fourth-order valence-corrected chi connectivity index (χ4v) is 4.50. The zero-order valence-corrected chi connectivity index (χ0v) is 23.0. The Kier molecular flexibility index (Phi) is 8.48. The molecular formula is C29H31N5O3S. The van der Waals surface area contributed by atoms with Crippen molar-refractivity contribution in [2.45, 2.75) is 31.3 Å². The summed E-state index contributed by atoms with van der Waals surface area (Å²) in [4.78, 5) is 12.6. The summed E-state index contributed by atoms with van der Waals surface area (Å²) in [5, 5.41) is 13.6. The lowest BCUT2D eigenvalue weighted by Gasteiger charge is -2.19. The number of rotatable bonds is 9. The molecular weight excluding hydrogens is 498 g/mol. The zero-order chi connectivity index (χ0) is 27.1. The van der Waals surface area contributed by atoms with E-state index in [1.54, 1.807) is 32.4 Å². The molecule has 4 aromatic rings. The van der Waals surface area contributed by atoms with Crippen LogP contribution in [0.1, 0.15) is 31.9 Å². The van der Waals surface area contributed by atoms with Gasteiger partial charge in [0.15, 0.2) is 11.0 Å². The van der Waals surface area contributed by atoms with E-state index in [0.29, 0.717) is 28.0 Å². The lowest BCUT2D eigenvalue weighted by atomic mass is 9.87. The van der Waals surface area contributed by atoms with E-state index in [4.69, 9.17) is 9.47 Å². The number of carbonyl (C=O) groups is 1. The first-order chi connectivity index (χ1) is 18.3. The van der Waals surface area contributed by atoms with Gasteiger partial charge in [-0.3, -0.25) is 9.36 Å². The maximum absolute atomic E-state index is 12.6. The number of carbonyl (C=O) groups excluding carboxylic acids is 1. The molecule has 0 unspecified atom stereocenters. The van der Waals surface area contributed by atoms with E-state index in [-0.39, 0.29) is 17.1 Å². The lowest BCUT2D eigenvalue weighted by Crippen LogP contribution is -2.20.